The number of aromatic nitrogens is 2. The molecule has 0 aliphatic carbocycles. The highest BCUT2D eigenvalue weighted by Crippen LogP contribution is 2.31. The summed E-state index contributed by atoms with van der Waals surface area (Å²) in [6.07, 6.45) is 0. The second-order valence-corrected chi connectivity index (χ2v) is 9.85. The molecule has 10 heteroatoms. The normalized spacial score (nSPS) is 13.2. The van der Waals surface area contributed by atoms with E-state index in [-0.39, 0.29) is 6.03 Å². The number of carbonyl (C=O) groups is 1. The maximum Gasteiger partial charge on any atom is 0.323 e. The van der Waals surface area contributed by atoms with Gasteiger partial charge in [-0.3, -0.25) is 5.32 Å². The van der Waals surface area contributed by atoms with Crippen molar-refractivity contribution in [3.05, 3.63) is 47.3 Å². The number of nitrogens with one attached hydrogen (secondary N) is 1. The fourth-order valence-corrected chi connectivity index (χ4v) is 5.38. The third-order valence-electron chi connectivity index (χ3n) is 6.93. The number of nitriles is 1. The van der Waals surface area contributed by atoms with Gasteiger partial charge in [-0.1, -0.05) is 12.1 Å². The van der Waals surface area contributed by atoms with Crippen LogP contribution in [0.4, 0.5) is 27.2 Å². The van der Waals surface area contributed by atoms with E-state index < -0.39 is 0 Å². The van der Waals surface area contributed by atoms with Gasteiger partial charge in [0.1, 0.15) is 5.82 Å². The molecule has 0 saturated carbocycles. The molecule has 3 heterocycles. The van der Waals surface area contributed by atoms with E-state index in [1.54, 1.807) is 12.1 Å². The van der Waals surface area contributed by atoms with Crippen molar-refractivity contribution < 1.29 is 4.79 Å². The number of thiazole rings is 1. The minimum atomic E-state index is -0.140. The van der Waals surface area contributed by atoms with Gasteiger partial charge in [-0.2, -0.15) is 5.26 Å². The van der Waals surface area contributed by atoms with Gasteiger partial charge >= 0.3 is 6.03 Å². The highest BCUT2D eigenvalue weighted by atomic mass is 32.1. The average molecular weight is 533 g/mol. The number of anilines is 4. The van der Waals surface area contributed by atoms with E-state index in [9.17, 15) is 4.79 Å². The molecule has 2 aromatic heterocycles. The number of hydrogen-bond donors (Lipinski definition) is 1. The summed E-state index contributed by atoms with van der Waals surface area (Å²) >= 11 is 1.40. The lowest BCUT2D eigenvalue weighted by atomic mass is 10.1. The molecule has 1 aliphatic rings. The van der Waals surface area contributed by atoms with Gasteiger partial charge in [-0.25, -0.2) is 14.8 Å². The molecule has 1 saturated heterocycles. The van der Waals surface area contributed by atoms with Crippen LogP contribution < -0.4 is 20.0 Å². The lowest BCUT2D eigenvalue weighted by Gasteiger charge is -2.38. The molecular formula is C28H36N8OS. The molecule has 0 bridgehead atoms. The first-order valence-electron chi connectivity index (χ1n) is 13.3. The highest BCUT2D eigenvalue weighted by molar-refractivity contribution is 7.14. The van der Waals surface area contributed by atoms with E-state index in [0.29, 0.717) is 36.9 Å². The summed E-state index contributed by atoms with van der Waals surface area (Å²) in [5.41, 5.74) is 3.44. The van der Waals surface area contributed by atoms with Gasteiger partial charge in [0.2, 0.25) is 0 Å². The van der Waals surface area contributed by atoms with Crippen molar-refractivity contribution in [2.75, 3.05) is 72.4 Å². The molecule has 0 spiro atoms. The minimum absolute atomic E-state index is 0.140. The Labute approximate surface area is 229 Å². The van der Waals surface area contributed by atoms with Crippen LogP contribution in [0.25, 0.3) is 11.3 Å². The van der Waals surface area contributed by atoms with Crippen LogP contribution in [-0.2, 0) is 0 Å². The monoisotopic (exact) mass is 532 g/mol. The maximum atomic E-state index is 13.0. The smallest absolute Gasteiger partial charge is 0.323 e. The Balaban J connectivity index is 1.42. The minimum Gasteiger partial charge on any atom is -0.369 e. The predicted octanol–water partition coefficient (Wildman–Crippen LogP) is 5.12. The molecule has 2 amide bonds. The van der Waals surface area contributed by atoms with E-state index in [1.807, 2.05) is 22.4 Å². The first kappa shape index (κ1) is 27.2. The van der Waals surface area contributed by atoms with Crippen molar-refractivity contribution in [1.82, 2.24) is 14.9 Å². The van der Waals surface area contributed by atoms with E-state index in [1.165, 1.54) is 11.3 Å². The first-order valence-corrected chi connectivity index (χ1v) is 14.2. The molecule has 1 aliphatic heterocycles. The van der Waals surface area contributed by atoms with Gasteiger partial charge in [0.05, 0.1) is 23.0 Å². The molecule has 1 fully saturated rings. The van der Waals surface area contributed by atoms with Gasteiger partial charge in [0.15, 0.2) is 10.9 Å². The van der Waals surface area contributed by atoms with Crippen LogP contribution in [0.5, 0.6) is 0 Å². The number of nitrogens with zero attached hydrogens (tertiary/aromatic N) is 7. The van der Waals surface area contributed by atoms with Crippen LogP contribution >= 0.6 is 11.3 Å². The van der Waals surface area contributed by atoms with Crippen LogP contribution in [-0.4, -0.2) is 73.3 Å². The van der Waals surface area contributed by atoms with Crippen LogP contribution in [0.15, 0.2) is 41.8 Å². The van der Waals surface area contributed by atoms with Gasteiger partial charge in [0, 0.05) is 63.3 Å². The molecule has 200 valence electrons. The zero-order chi connectivity index (χ0) is 27.1. The second kappa shape index (κ2) is 12.6. The molecule has 3 aromatic rings. The van der Waals surface area contributed by atoms with Crippen molar-refractivity contribution in [2.45, 2.75) is 27.7 Å². The molecule has 1 N–H and O–H groups in total. The van der Waals surface area contributed by atoms with E-state index in [0.717, 1.165) is 54.8 Å². The van der Waals surface area contributed by atoms with E-state index in [2.05, 4.69) is 70.9 Å². The Hall–Kier alpha value is -3.84. The summed E-state index contributed by atoms with van der Waals surface area (Å²) in [4.78, 5) is 31.4. The van der Waals surface area contributed by atoms with Crippen LogP contribution in [0.3, 0.4) is 0 Å². The number of amides is 2. The first-order chi connectivity index (χ1) is 18.5. The summed E-state index contributed by atoms with van der Waals surface area (Å²) < 4.78 is 0. The highest BCUT2D eigenvalue weighted by Gasteiger charge is 2.26. The third kappa shape index (κ3) is 6.00. The molecule has 38 heavy (non-hydrogen) atoms. The molecule has 9 nitrogen and oxygen atoms in total. The fourth-order valence-electron chi connectivity index (χ4n) is 4.67. The van der Waals surface area contributed by atoms with Gasteiger partial charge in [-0.15, -0.1) is 11.3 Å². The number of rotatable bonds is 9. The number of urea groups is 1. The summed E-state index contributed by atoms with van der Waals surface area (Å²) in [5.74, 6) is 1.98. The molecule has 0 atom stereocenters. The standard InChI is InChI=1S/C28H36N8OS/c1-5-33(6-2)24-13-14-25(34(7-3)8-4)31-26(24)35-15-17-36(18-16-35)28(37)32-27-30-23(20-38-27)22-11-9-21(19-29)10-12-22/h9-14,20H,5-8,15-18H2,1-4H3,(H,30,32,37). The number of pyridine rings is 1. The Kier molecular flexibility index (Phi) is 9.02. The third-order valence-corrected chi connectivity index (χ3v) is 7.68. The van der Waals surface area contributed by atoms with Crippen molar-refractivity contribution in [2.24, 2.45) is 0 Å². The van der Waals surface area contributed by atoms with Crippen molar-refractivity contribution in [3.8, 4) is 17.3 Å². The Bertz CT molecular complexity index is 1250. The Morgan fingerprint density at radius 3 is 2.21 bits per heavy atom. The number of hydrogen-bond acceptors (Lipinski definition) is 8. The molecule has 4 rings (SSSR count). The topological polar surface area (TPSA) is 91.6 Å². The van der Waals surface area contributed by atoms with Crippen LogP contribution in [0, 0.1) is 11.3 Å². The van der Waals surface area contributed by atoms with Crippen LogP contribution in [0.1, 0.15) is 33.3 Å². The zero-order valence-corrected chi connectivity index (χ0v) is 23.5. The molecule has 1 aromatic carbocycles. The van der Waals surface area contributed by atoms with Crippen molar-refractivity contribution in [1.29, 1.82) is 5.26 Å². The predicted molar refractivity (Wildman–Crippen MR) is 156 cm³/mol. The molecule has 0 unspecified atom stereocenters. The maximum absolute atomic E-state index is 13.0. The van der Waals surface area contributed by atoms with Gasteiger partial charge in [-0.05, 0) is 52.0 Å². The second-order valence-electron chi connectivity index (χ2n) is 8.99. The van der Waals surface area contributed by atoms with E-state index >= 15 is 0 Å². The number of piperazine rings is 1. The summed E-state index contributed by atoms with van der Waals surface area (Å²) in [6, 6.07) is 13.6. The number of benzene rings is 1. The quantitative estimate of drug-likeness (QED) is 0.409. The van der Waals surface area contributed by atoms with Crippen LogP contribution in [0.2, 0.25) is 0 Å². The summed E-state index contributed by atoms with van der Waals surface area (Å²) in [6.45, 7) is 14.9. The summed E-state index contributed by atoms with van der Waals surface area (Å²) in [5, 5.41) is 14.4. The SMILES string of the molecule is CCN(CC)c1ccc(N(CC)CC)c(N2CCN(C(=O)Nc3nc(-c4ccc(C#N)cc4)cs3)CC2)n1. The molecular weight excluding hydrogens is 496 g/mol. The van der Waals surface area contributed by atoms with Crippen molar-refractivity contribution >= 4 is 39.8 Å². The largest absolute Gasteiger partial charge is 0.369 e. The van der Waals surface area contributed by atoms with Gasteiger partial charge < -0.3 is 19.6 Å². The molecule has 0 radical (unpaired) electrons. The fraction of sp³-hybridized carbons (Fsp3) is 0.429. The summed E-state index contributed by atoms with van der Waals surface area (Å²) in [7, 11) is 0. The lowest BCUT2D eigenvalue weighted by Crippen LogP contribution is -2.50. The average Bonchev–Trinajstić information content (AvgIpc) is 3.43. The van der Waals surface area contributed by atoms with Crippen molar-refractivity contribution in [3.63, 3.8) is 0 Å². The Morgan fingerprint density at radius 1 is 0.947 bits per heavy atom. The Morgan fingerprint density at radius 2 is 1.61 bits per heavy atom. The van der Waals surface area contributed by atoms with E-state index in [4.69, 9.17) is 10.2 Å². The number of carbonyl (C=O) groups excluding carboxylic acids is 1. The van der Waals surface area contributed by atoms with Gasteiger partial charge in [0.25, 0.3) is 0 Å². The lowest BCUT2D eigenvalue weighted by molar-refractivity contribution is 0.208. The zero-order valence-electron chi connectivity index (χ0n) is 22.6.